The molecule has 0 saturated carbocycles. The molecule has 0 aliphatic rings. The van der Waals surface area contributed by atoms with Crippen molar-refractivity contribution in [3.63, 3.8) is 0 Å². The number of sulfonamides is 1. The Morgan fingerprint density at radius 1 is 1.08 bits per heavy atom. The molecule has 4 N–H and O–H groups in total. The van der Waals surface area contributed by atoms with Crippen LogP contribution in [0.25, 0.3) is 0 Å². The molecule has 0 aliphatic carbocycles. The molecule has 0 aromatic heterocycles. The fourth-order valence-electron chi connectivity index (χ4n) is 2.27. The Bertz CT molecular complexity index is 797. The third kappa shape index (κ3) is 5.36. The van der Waals surface area contributed by atoms with Gasteiger partial charge in [-0.25, -0.2) is 13.1 Å². The highest BCUT2D eigenvalue weighted by Gasteiger charge is 2.11. The zero-order chi connectivity index (χ0) is 17.6. The number of benzene rings is 2. The van der Waals surface area contributed by atoms with Crippen LogP contribution in [0.1, 0.15) is 11.1 Å². The SMILES string of the molecule is Cc1cc(C)cc(NC(N)=NCCNS(=O)(=O)c2ccccc2)c1. The maximum absolute atomic E-state index is 12.0. The van der Waals surface area contributed by atoms with Crippen LogP contribution in [-0.4, -0.2) is 27.5 Å². The van der Waals surface area contributed by atoms with Gasteiger partial charge in [0.15, 0.2) is 5.96 Å². The van der Waals surface area contributed by atoms with Crippen LogP contribution in [0.5, 0.6) is 0 Å². The number of nitrogens with one attached hydrogen (secondary N) is 2. The second kappa shape index (κ2) is 7.94. The second-order valence-electron chi connectivity index (χ2n) is 5.48. The van der Waals surface area contributed by atoms with Crippen molar-refractivity contribution < 1.29 is 8.42 Å². The van der Waals surface area contributed by atoms with E-state index in [1.54, 1.807) is 30.3 Å². The Morgan fingerprint density at radius 2 is 1.71 bits per heavy atom. The van der Waals surface area contributed by atoms with Crippen LogP contribution in [0.3, 0.4) is 0 Å². The number of guanidine groups is 1. The molecular weight excluding hydrogens is 324 g/mol. The molecule has 6 nitrogen and oxygen atoms in total. The molecule has 0 saturated heterocycles. The van der Waals surface area contributed by atoms with Gasteiger partial charge in [0, 0.05) is 12.2 Å². The van der Waals surface area contributed by atoms with Crippen LogP contribution < -0.4 is 15.8 Å². The van der Waals surface area contributed by atoms with Gasteiger partial charge in [0.2, 0.25) is 10.0 Å². The van der Waals surface area contributed by atoms with Crippen LogP contribution in [-0.2, 0) is 10.0 Å². The van der Waals surface area contributed by atoms with Gasteiger partial charge in [-0.1, -0.05) is 24.3 Å². The zero-order valence-electron chi connectivity index (χ0n) is 13.8. The third-order valence-corrected chi connectivity index (χ3v) is 4.71. The lowest BCUT2D eigenvalue weighted by molar-refractivity contribution is 0.582. The van der Waals surface area contributed by atoms with Crippen molar-refractivity contribution in [1.82, 2.24) is 4.72 Å². The van der Waals surface area contributed by atoms with E-state index in [4.69, 9.17) is 5.73 Å². The first kappa shape index (κ1) is 18.0. The molecule has 0 aliphatic heterocycles. The Balaban J connectivity index is 1.87. The van der Waals surface area contributed by atoms with Crippen molar-refractivity contribution >= 4 is 21.7 Å². The van der Waals surface area contributed by atoms with Crippen molar-refractivity contribution in [2.24, 2.45) is 10.7 Å². The monoisotopic (exact) mass is 346 g/mol. The number of nitrogens with two attached hydrogens (primary N) is 1. The molecule has 2 aromatic carbocycles. The average Bonchev–Trinajstić information content (AvgIpc) is 2.51. The van der Waals surface area contributed by atoms with Crippen molar-refractivity contribution in [3.8, 4) is 0 Å². The summed E-state index contributed by atoms with van der Waals surface area (Å²) in [5.74, 6) is 0.249. The molecule has 0 bridgehead atoms. The molecule has 0 heterocycles. The van der Waals surface area contributed by atoms with E-state index in [1.807, 2.05) is 26.0 Å². The van der Waals surface area contributed by atoms with E-state index in [-0.39, 0.29) is 23.9 Å². The van der Waals surface area contributed by atoms with E-state index in [9.17, 15) is 8.42 Å². The van der Waals surface area contributed by atoms with Crippen LogP contribution in [0, 0.1) is 13.8 Å². The number of aryl methyl sites for hydroxylation is 2. The predicted molar refractivity (Wildman–Crippen MR) is 97.7 cm³/mol. The first-order chi connectivity index (χ1) is 11.4. The molecule has 0 amide bonds. The molecule has 24 heavy (non-hydrogen) atoms. The van der Waals surface area contributed by atoms with Crippen molar-refractivity contribution in [3.05, 3.63) is 59.7 Å². The highest BCUT2D eigenvalue weighted by atomic mass is 32.2. The quantitative estimate of drug-likeness (QED) is 0.423. The summed E-state index contributed by atoms with van der Waals surface area (Å²) < 4.78 is 26.6. The molecule has 2 rings (SSSR count). The highest BCUT2D eigenvalue weighted by Crippen LogP contribution is 2.13. The zero-order valence-corrected chi connectivity index (χ0v) is 14.6. The predicted octanol–water partition coefficient (Wildman–Crippen LogP) is 2.01. The largest absolute Gasteiger partial charge is 0.370 e. The van der Waals surface area contributed by atoms with Gasteiger partial charge in [0.05, 0.1) is 11.4 Å². The maximum atomic E-state index is 12.0. The van der Waals surface area contributed by atoms with E-state index in [0.717, 1.165) is 16.8 Å². The number of hydrogen-bond donors (Lipinski definition) is 3. The van der Waals surface area contributed by atoms with Crippen molar-refractivity contribution in [2.45, 2.75) is 18.7 Å². The van der Waals surface area contributed by atoms with Gasteiger partial charge >= 0.3 is 0 Å². The van der Waals surface area contributed by atoms with E-state index in [2.05, 4.69) is 21.1 Å². The summed E-state index contributed by atoms with van der Waals surface area (Å²) in [6.45, 7) is 4.43. The van der Waals surface area contributed by atoms with E-state index in [1.165, 1.54) is 0 Å². The van der Waals surface area contributed by atoms with Gasteiger partial charge in [-0.2, -0.15) is 0 Å². The lowest BCUT2D eigenvalue weighted by atomic mass is 10.1. The molecule has 128 valence electrons. The lowest BCUT2D eigenvalue weighted by Crippen LogP contribution is -2.28. The molecular formula is C17H22N4O2S. The topological polar surface area (TPSA) is 96.6 Å². The van der Waals surface area contributed by atoms with Gasteiger partial charge in [-0.15, -0.1) is 0 Å². The Hall–Kier alpha value is -2.38. The summed E-state index contributed by atoms with van der Waals surface area (Å²) in [5.41, 5.74) is 8.94. The minimum Gasteiger partial charge on any atom is -0.370 e. The fourth-order valence-corrected chi connectivity index (χ4v) is 3.32. The van der Waals surface area contributed by atoms with Gasteiger partial charge in [0.25, 0.3) is 0 Å². The Morgan fingerprint density at radius 3 is 2.33 bits per heavy atom. The summed E-state index contributed by atoms with van der Waals surface area (Å²) in [7, 11) is -3.51. The number of anilines is 1. The Kier molecular flexibility index (Phi) is 5.94. The van der Waals surface area contributed by atoms with Gasteiger partial charge in [-0.3, -0.25) is 4.99 Å². The summed E-state index contributed by atoms with van der Waals surface area (Å²) in [6.07, 6.45) is 0. The van der Waals surface area contributed by atoms with Crippen molar-refractivity contribution in [1.29, 1.82) is 0 Å². The third-order valence-electron chi connectivity index (χ3n) is 3.23. The highest BCUT2D eigenvalue weighted by molar-refractivity contribution is 7.89. The average molecular weight is 346 g/mol. The van der Waals surface area contributed by atoms with Crippen LogP contribution in [0.2, 0.25) is 0 Å². The summed E-state index contributed by atoms with van der Waals surface area (Å²) in [6, 6.07) is 14.2. The molecule has 0 spiro atoms. The smallest absolute Gasteiger partial charge is 0.240 e. The van der Waals surface area contributed by atoms with Gasteiger partial charge in [-0.05, 0) is 49.2 Å². The fraction of sp³-hybridized carbons (Fsp3) is 0.235. The van der Waals surface area contributed by atoms with Gasteiger partial charge < -0.3 is 11.1 Å². The normalized spacial score (nSPS) is 12.2. The number of hydrogen-bond acceptors (Lipinski definition) is 3. The standard InChI is InChI=1S/C17H22N4O2S/c1-13-10-14(2)12-15(11-13)21-17(18)19-8-9-20-24(22,23)16-6-4-3-5-7-16/h3-7,10-12,20H,8-9H2,1-2H3,(H3,18,19,21). The van der Waals surface area contributed by atoms with E-state index < -0.39 is 10.0 Å². The van der Waals surface area contributed by atoms with Crippen molar-refractivity contribution in [2.75, 3.05) is 18.4 Å². The first-order valence-electron chi connectivity index (χ1n) is 7.57. The number of rotatable bonds is 6. The van der Waals surface area contributed by atoms with E-state index in [0.29, 0.717) is 0 Å². The van der Waals surface area contributed by atoms with Crippen LogP contribution >= 0.6 is 0 Å². The minimum absolute atomic E-state index is 0.173. The molecule has 2 aromatic rings. The summed E-state index contributed by atoms with van der Waals surface area (Å²) >= 11 is 0. The molecule has 7 heteroatoms. The minimum atomic E-state index is -3.51. The molecule has 0 radical (unpaired) electrons. The summed E-state index contributed by atoms with van der Waals surface area (Å²) in [5, 5.41) is 3.00. The maximum Gasteiger partial charge on any atom is 0.240 e. The van der Waals surface area contributed by atoms with E-state index >= 15 is 0 Å². The number of aliphatic imine (C=N–C) groups is 1. The number of nitrogens with zero attached hydrogens (tertiary/aromatic N) is 1. The van der Waals surface area contributed by atoms with Crippen LogP contribution in [0.15, 0.2) is 58.4 Å². The first-order valence-corrected chi connectivity index (χ1v) is 9.05. The van der Waals surface area contributed by atoms with Gasteiger partial charge in [0.1, 0.15) is 0 Å². The molecule has 0 fully saturated rings. The Labute approximate surface area is 142 Å². The summed E-state index contributed by atoms with van der Waals surface area (Å²) in [4.78, 5) is 4.36. The molecule has 0 atom stereocenters. The second-order valence-corrected chi connectivity index (χ2v) is 7.25. The molecule has 0 unspecified atom stereocenters. The van der Waals surface area contributed by atoms with Crippen LogP contribution in [0.4, 0.5) is 5.69 Å². The lowest BCUT2D eigenvalue weighted by Gasteiger charge is -2.08.